The third-order valence-electron chi connectivity index (χ3n) is 4.06. The number of hydrogen-bond donors (Lipinski definition) is 0. The van der Waals surface area contributed by atoms with Crippen molar-refractivity contribution in [2.24, 2.45) is 5.41 Å². The van der Waals surface area contributed by atoms with Crippen LogP contribution in [0, 0.1) is 5.41 Å². The molecule has 0 aliphatic rings. The van der Waals surface area contributed by atoms with Crippen LogP contribution in [-0.2, 0) is 4.74 Å². The summed E-state index contributed by atoms with van der Waals surface area (Å²) in [5, 5.41) is 4.03. The highest BCUT2D eigenvalue weighted by atomic mass is 16.5. The lowest BCUT2D eigenvalue weighted by Gasteiger charge is -2.18. The van der Waals surface area contributed by atoms with Gasteiger partial charge in [-0.3, -0.25) is 0 Å². The number of ether oxygens (including phenoxy) is 1. The maximum absolute atomic E-state index is 12.7. The molecule has 0 fully saturated rings. The van der Waals surface area contributed by atoms with Gasteiger partial charge in [-0.25, -0.2) is 4.79 Å². The topological polar surface area (TPSA) is 26.3 Å². The van der Waals surface area contributed by atoms with Crippen LogP contribution in [0.2, 0.25) is 0 Å². The molecule has 0 heterocycles. The Kier molecular flexibility index (Phi) is 4.08. The molecule has 3 rings (SSSR count). The van der Waals surface area contributed by atoms with E-state index in [4.69, 9.17) is 4.74 Å². The van der Waals surface area contributed by atoms with Crippen LogP contribution in [-0.4, -0.2) is 12.6 Å². The third-order valence-corrected chi connectivity index (χ3v) is 4.06. The van der Waals surface area contributed by atoms with Crippen LogP contribution < -0.4 is 0 Å². The third kappa shape index (κ3) is 3.37. The number of fused-ring (bicyclic) bond motifs is 2. The maximum Gasteiger partial charge on any atom is 0.339 e. The number of carbonyl (C=O) groups excluding carboxylic acids is 1. The molecule has 0 aliphatic carbocycles. The Balaban J connectivity index is 2.04. The van der Waals surface area contributed by atoms with Gasteiger partial charge >= 0.3 is 5.97 Å². The smallest absolute Gasteiger partial charge is 0.339 e. The molecular weight excluding hydrogens is 284 g/mol. The summed E-state index contributed by atoms with van der Waals surface area (Å²) >= 11 is 0. The fraction of sp³-hybridized carbons (Fsp3) is 0.286. The summed E-state index contributed by atoms with van der Waals surface area (Å²) in [6, 6.07) is 18.1. The van der Waals surface area contributed by atoms with Crippen molar-refractivity contribution in [3.05, 3.63) is 60.2 Å². The van der Waals surface area contributed by atoms with Crippen LogP contribution >= 0.6 is 0 Å². The highest BCUT2D eigenvalue weighted by Gasteiger charge is 2.17. The van der Waals surface area contributed by atoms with Gasteiger partial charge in [0.1, 0.15) is 0 Å². The van der Waals surface area contributed by atoms with E-state index in [1.54, 1.807) is 0 Å². The fourth-order valence-electron chi connectivity index (χ4n) is 2.76. The first-order valence-corrected chi connectivity index (χ1v) is 8.03. The van der Waals surface area contributed by atoms with E-state index >= 15 is 0 Å². The van der Waals surface area contributed by atoms with E-state index in [-0.39, 0.29) is 11.4 Å². The largest absolute Gasteiger partial charge is 0.462 e. The maximum atomic E-state index is 12.7. The lowest BCUT2D eigenvalue weighted by Crippen LogP contribution is -2.13. The minimum absolute atomic E-state index is 0.154. The second kappa shape index (κ2) is 6.04. The molecular formula is C21H22O2. The summed E-state index contributed by atoms with van der Waals surface area (Å²) in [6.45, 7) is 6.89. The van der Waals surface area contributed by atoms with Crippen molar-refractivity contribution in [2.45, 2.75) is 27.2 Å². The number of rotatable bonds is 3. The molecule has 118 valence electrons. The Bertz CT molecular complexity index is 802. The summed E-state index contributed by atoms with van der Waals surface area (Å²) in [4.78, 5) is 12.7. The number of benzene rings is 3. The summed E-state index contributed by atoms with van der Waals surface area (Å²) in [7, 11) is 0. The van der Waals surface area contributed by atoms with Crippen molar-refractivity contribution in [2.75, 3.05) is 6.61 Å². The van der Waals surface area contributed by atoms with Gasteiger partial charge in [-0.15, -0.1) is 0 Å². The molecule has 0 atom stereocenters. The molecule has 0 saturated carbocycles. The Hall–Kier alpha value is -2.35. The lowest BCUT2D eigenvalue weighted by atomic mass is 9.93. The quantitative estimate of drug-likeness (QED) is 0.466. The van der Waals surface area contributed by atoms with Crippen molar-refractivity contribution in [3.8, 4) is 0 Å². The van der Waals surface area contributed by atoms with Gasteiger partial charge in [0.2, 0.25) is 0 Å². The van der Waals surface area contributed by atoms with Gasteiger partial charge < -0.3 is 4.74 Å². The van der Waals surface area contributed by atoms with Crippen LogP contribution in [0.1, 0.15) is 37.6 Å². The molecule has 3 aromatic rings. The van der Waals surface area contributed by atoms with Crippen LogP contribution in [0.15, 0.2) is 54.6 Å². The molecule has 0 aromatic heterocycles. The molecule has 23 heavy (non-hydrogen) atoms. The SMILES string of the molecule is CC(C)(C)CCOC(=O)c1c2ccccc2cc2ccccc12. The average molecular weight is 306 g/mol. The predicted molar refractivity (Wildman–Crippen MR) is 95.8 cm³/mol. The summed E-state index contributed by atoms with van der Waals surface area (Å²) < 4.78 is 5.58. The second-order valence-electron chi connectivity index (χ2n) is 7.14. The molecule has 3 aromatic carbocycles. The van der Waals surface area contributed by atoms with Crippen LogP contribution in [0.3, 0.4) is 0 Å². The van der Waals surface area contributed by atoms with Crippen molar-refractivity contribution >= 4 is 27.5 Å². The standard InChI is InChI=1S/C21H22O2/c1-21(2,3)12-13-23-20(22)19-17-10-6-4-8-15(17)14-16-9-5-7-11-18(16)19/h4-11,14H,12-13H2,1-3H3. The molecule has 2 heteroatoms. The number of hydrogen-bond acceptors (Lipinski definition) is 2. The van der Waals surface area contributed by atoms with Crippen molar-refractivity contribution < 1.29 is 9.53 Å². The highest BCUT2D eigenvalue weighted by Crippen LogP contribution is 2.29. The monoisotopic (exact) mass is 306 g/mol. The number of carbonyl (C=O) groups is 1. The second-order valence-corrected chi connectivity index (χ2v) is 7.14. The van der Waals surface area contributed by atoms with Crippen LogP contribution in [0.5, 0.6) is 0 Å². The summed E-state index contributed by atoms with van der Waals surface area (Å²) in [5.74, 6) is -0.234. The fourth-order valence-corrected chi connectivity index (χ4v) is 2.76. The molecule has 0 bridgehead atoms. The zero-order valence-electron chi connectivity index (χ0n) is 13.9. The van der Waals surface area contributed by atoms with Gasteiger partial charge in [-0.1, -0.05) is 69.3 Å². The Morgan fingerprint density at radius 1 is 0.913 bits per heavy atom. The molecule has 0 aliphatic heterocycles. The molecule has 2 nitrogen and oxygen atoms in total. The first kappa shape index (κ1) is 15.5. The molecule has 0 amide bonds. The minimum Gasteiger partial charge on any atom is -0.462 e. The minimum atomic E-state index is -0.234. The zero-order valence-corrected chi connectivity index (χ0v) is 13.9. The first-order valence-electron chi connectivity index (χ1n) is 8.03. The van der Waals surface area contributed by atoms with Gasteiger partial charge in [-0.2, -0.15) is 0 Å². The van der Waals surface area contributed by atoms with E-state index < -0.39 is 0 Å². The van der Waals surface area contributed by atoms with Crippen molar-refractivity contribution in [1.29, 1.82) is 0 Å². The molecule has 0 N–H and O–H groups in total. The van der Waals surface area contributed by atoms with E-state index in [9.17, 15) is 4.79 Å². The molecule has 0 radical (unpaired) electrons. The van der Waals surface area contributed by atoms with Gasteiger partial charge in [0.25, 0.3) is 0 Å². The Morgan fingerprint density at radius 2 is 1.43 bits per heavy atom. The van der Waals surface area contributed by atoms with E-state index in [0.29, 0.717) is 12.2 Å². The molecule has 0 unspecified atom stereocenters. The average Bonchev–Trinajstić information content (AvgIpc) is 2.51. The lowest BCUT2D eigenvalue weighted by molar-refractivity contribution is 0.0469. The van der Waals surface area contributed by atoms with E-state index in [1.165, 1.54) is 0 Å². The first-order chi connectivity index (χ1) is 11.0. The van der Waals surface area contributed by atoms with E-state index in [2.05, 4.69) is 26.8 Å². The van der Waals surface area contributed by atoms with Crippen LogP contribution in [0.25, 0.3) is 21.5 Å². The van der Waals surface area contributed by atoms with Gasteiger partial charge in [0.05, 0.1) is 12.2 Å². The normalized spacial score (nSPS) is 11.8. The molecule has 0 saturated heterocycles. The molecule has 0 spiro atoms. The highest BCUT2D eigenvalue weighted by molar-refractivity contribution is 6.16. The zero-order chi connectivity index (χ0) is 16.4. The Labute approximate surface area is 137 Å². The van der Waals surface area contributed by atoms with E-state index in [1.807, 2.05) is 48.5 Å². The summed E-state index contributed by atoms with van der Waals surface area (Å²) in [5.41, 5.74) is 0.828. The van der Waals surface area contributed by atoms with Gasteiger partial charge in [0.15, 0.2) is 0 Å². The number of esters is 1. The summed E-state index contributed by atoms with van der Waals surface area (Å²) in [6.07, 6.45) is 0.849. The van der Waals surface area contributed by atoms with Gasteiger partial charge in [0, 0.05) is 0 Å². The van der Waals surface area contributed by atoms with Crippen molar-refractivity contribution in [3.63, 3.8) is 0 Å². The predicted octanol–water partition coefficient (Wildman–Crippen LogP) is 5.59. The van der Waals surface area contributed by atoms with Crippen LogP contribution in [0.4, 0.5) is 0 Å². The Morgan fingerprint density at radius 3 is 1.96 bits per heavy atom. The van der Waals surface area contributed by atoms with Gasteiger partial charge in [-0.05, 0) is 39.4 Å². The van der Waals surface area contributed by atoms with Crippen molar-refractivity contribution in [1.82, 2.24) is 0 Å². The van der Waals surface area contributed by atoms with E-state index in [0.717, 1.165) is 28.0 Å².